The SMILES string of the molecule is CCC1=C(Cl)N=C2C(=CC1)N(C)C(=O)C(CC)N2c1cccc(C)c1. The Labute approximate surface area is 154 Å². The van der Waals surface area contributed by atoms with Crippen molar-refractivity contribution in [3.63, 3.8) is 0 Å². The molecule has 0 radical (unpaired) electrons. The molecule has 5 heteroatoms. The number of nitrogens with zero attached hydrogens (tertiary/aromatic N) is 3. The Kier molecular flexibility index (Phi) is 5.00. The zero-order valence-corrected chi connectivity index (χ0v) is 16.0. The van der Waals surface area contributed by atoms with Crippen LogP contribution in [0.1, 0.15) is 38.7 Å². The summed E-state index contributed by atoms with van der Waals surface area (Å²) >= 11 is 6.49. The Morgan fingerprint density at radius 1 is 1.32 bits per heavy atom. The number of amides is 1. The van der Waals surface area contributed by atoms with Gasteiger partial charge >= 0.3 is 0 Å². The second kappa shape index (κ2) is 7.04. The van der Waals surface area contributed by atoms with Crippen LogP contribution >= 0.6 is 11.6 Å². The molecule has 3 rings (SSSR count). The van der Waals surface area contributed by atoms with Crippen molar-refractivity contribution in [1.29, 1.82) is 0 Å². The van der Waals surface area contributed by atoms with Crippen LogP contribution in [0.15, 0.2) is 51.8 Å². The monoisotopic (exact) mass is 357 g/mol. The van der Waals surface area contributed by atoms with E-state index in [1.165, 1.54) is 0 Å². The molecular weight excluding hydrogens is 334 g/mol. The van der Waals surface area contributed by atoms with Gasteiger partial charge in [0.25, 0.3) is 0 Å². The van der Waals surface area contributed by atoms with E-state index in [1.807, 2.05) is 31.0 Å². The van der Waals surface area contributed by atoms with Crippen molar-refractivity contribution in [3.05, 3.63) is 52.3 Å². The molecule has 0 N–H and O–H groups in total. The number of anilines is 1. The van der Waals surface area contributed by atoms with Gasteiger partial charge < -0.3 is 9.80 Å². The smallest absolute Gasteiger partial charge is 0.249 e. The van der Waals surface area contributed by atoms with E-state index in [0.29, 0.717) is 18.0 Å². The number of hydrogen-bond donors (Lipinski definition) is 0. The fourth-order valence-corrected chi connectivity index (χ4v) is 3.71. The van der Waals surface area contributed by atoms with E-state index in [1.54, 1.807) is 4.90 Å². The van der Waals surface area contributed by atoms with E-state index in [-0.39, 0.29) is 11.9 Å². The maximum Gasteiger partial charge on any atom is 0.249 e. The standard InChI is InChI=1S/C20H24ClN3O/c1-5-14-10-11-17-19(22-18(14)21)24(15-9-7-8-13(3)12-15)16(6-2)20(25)23(17)4/h7-9,11-12,16H,5-6,10H2,1-4H3. The van der Waals surface area contributed by atoms with Crippen LogP contribution in [0, 0.1) is 6.92 Å². The summed E-state index contributed by atoms with van der Waals surface area (Å²) in [4.78, 5) is 21.5. The van der Waals surface area contributed by atoms with Gasteiger partial charge in [0, 0.05) is 12.7 Å². The molecule has 0 bridgehead atoms. The lowest BCUT2D eigenvalue weighted by Gasteiger charge is -2.42. The molecule has 1 atom stereocenters. The van der Waals surface area contributed by atoms with Crippen molar-refractivity contribution >= 4 is 29.0 Å². The van der Waals surface area contributed by atoms with Crippen molar-refractivity contribution in [2.24, 2.45) is 4.99 Å². The molecule has 2 aliphatic heterocycles. The summed E-state index contributed by atoms with van der Waals surface area (Å²) in [6.45, 7) is 6.16. The van der Waals surface area contributed by atoms with Gasteiger partial charge in [0.2, 0.25) is 5.91 Å². The summed E-state index contributed by atoms with van der Waals surface area (Å²) in [6.07, 6.45) is 4.33. The zero-order valence-electron chi connectivity index (χ0n) is 15.2. The fourth-order valence-electron chi connectivity index (χ4n) is 3.42. The normalized spacial score (nSPS) is 21.0. The molecule has 1 saturated heterocycles. The van der Waals surface area contributed by atoms with Crippen LogP contribution in [0.4, 0.5) is 5.69 Å². The van der Waals surface area contributed by atoms with Gasteiger partial charge in [0.05, 0.1) is 5.70 Å². The number of carbonyl (C=O) groups excluding carboxylic acids is 1. The predicted molar refractivity (Wildman–Crippen MR) is 104 cm³/mol. The van der Waals surface area contributed by atoms with Gasteiger partial charge in [-0.1, -0.05) is 43.7 Å². The number of halogens is 1. The third-order valence-corrected chi connectivity index (χ3v) is 5.23. The third kappa shape index (κ3) is 3.11. The molecule has 2 heterocycles. The molecule has 0 aliphatic carbocycles. The summed E-state index contributed by atoms with van der Waals surface area (Å²) in [5.74, 6) is 0.846. The quantitative estimate of drug-likeness (QED) is 0.741. The topological polar surface area (TPSA) is 35.9 Å². The first kappa shape index (κ1) is 17.7. The van der Waals surface area contributed by atoms with Crippen molar-refractivity contribution in [2.75, 3.05) is 11.9 Å². The first-order chi connectivity index (χ1) is 12.0. The van der Waals surface area contributed by atoms with E-state index < -0.39 is 0 Å². The molecule has 4 nitrogen and oxygen atoms in total. The van der Waals surface area contributed by atoms with Gasteiger partial charge in [-0.15, -0.1) is 0 Å². The van der Waals surface area contributed by atoms with E-state index >= 15 is 0 Å². The Bertz CT molecular complexity index is 794. The number of aryl methyl sites for hydroxylation is 1. The van der Waals surface area contributed by atoms with Gasteiger partial charge in [-0.3, -0.25) is 4.79 Å². The molecule has 1 aromatic carbocycles. The number of carbonyl (C=O) groups is 1. The van der Waals surface area contributed by atoms with Gasteiger partial charge in [-0.25, -0.2) is 4.99 Å². The minimum atomic E-state index is -0.282. The van der Waals surface area contributed by atoms with E-state index in [2.05, 4.69) is 32.1 Å². The highest BCUT2D eigenvalue weighted by Crippen LogP contribution is 2.33. The Morgan fingerprint density at radius 2 is 2.08 bits per heavy atom. The number of piperazine rings is 1. The van der Waals surface area contributed by atoms with Crippen molar-refractivity contribution < 1.29 is 4.79 Å². The zero-order chi connectivity index (χ0) is 18.1. The van der Waals surface area contributed by atoms with Crippen LogP contribution in [0.2, 0.25) is 0 Å². The minimum absolute atomic E-state index is 0.0882. The number of allylic oxidation sites excluding steroid dienone is 2. The average molecular weight is 358 g/mol. The van der Waals surface area contributed by atoms with Crippen LogP contribution in [0.3, 0.4) is 0 Å². The number of benzene rings is 1. The molecule has 0 saturated carbocycles. The van der Waals surface area contributed by atoms with Crippen LogP contribution in [0.5, 0.6) is 0 Å². The van der Waals surface area contributed by atoms with E-state index in [9.17, 15) is 4.79 Å². The van der Waals surface area contributed by atoms with Gasteiger partial charge in [-0.05, 0) is 49.5 Å². The highest BCUT2D eigenvalue weighted by Gasteiger charge is 2.40. The van der Waals surface area contributed by atoms with Gasteiger partial charge in [0.15, 0.2) is 5.84 Å². The molecule has 1 unspecified atom stereocenters. The molecule has 1 aromatic rings. The third-order valence-electron chi connectivity index (χ3n) is 4.88. The van der Waals surface area contributed by atoms with Crippen LogP contribution in [-0.4, -0.2) is 29.7 Å². The number of aliphatic imine (C=N–C) groups is 1. The fraction of sp³-hybridized carbons (Fsp3) is 0.400. The molecule has 132 valence electrons. The summed E-state index contributed by atoms with van der Waals surface area (Å²) in [5.41, 5.74) is 4.05. The maximum atomic E-state index is 13.0. The van der Waals surface area contributed by atoms with Crippen molar-refractivity contribution in [1.82, 2.24) is 4.90 Å². The van der Waals surface area contributed by atoms with Crippen LogP contribution in [-0.2, 0) is 4.79 Å². The van der Waals surface area contributed by atoms with Crippen molar-refractivity contribution in [3.8, 4) is 0 Å². The highest BCUT2D eigenvalue weighted by atomic mass is 35.5. The molecular formula is C20H24ClN3O. The Balaban J connectivity index is 2.21. The lowest BCUT2D eigenvalue weighted by Crippen LogP contribution is -2.57. The summed E-state index contributed by atoms with van der Waals surface area (Å²) in [6, 6.07) is 7.89. The lowest BCUT2D eigenvalue weighted by atomic mass is 10.0. The van der Waals surface area contributed by atoms with Crippen molar-refractivity contribution in [2.45, 2.75) is 46.1 Å². The first-order valence-electron chi connectivity index (χ1n) is 8.78. The summed E-state index contributed by atoms with van der Waals surface area (Å²) in [5, 5.41) is 0.541. The Morgan fingerprint density at radius 3 is 2.72 bits per heavy atom. The second-order valence-corrected chi connectivity index (χ2v) is 6.87. The molecule has 1 amide bonds. The number of rotatable bonds is 3. The summed E-state index contributed by atoms with van der Waals surface area (Å²) in [7, 11) is 1.82. The van der Waals surface area contributed by atoms with Crippen LogP contribution in [0.25, 0.3) is 0 Å². The average Bonchev–Trinajstić information content (AvgIpc) is 2.76. The molecule has 1 fully saturated rings. The molecule has 2 aliphatic rings. The molecule has 0 aromatic heterocycles. The van der Waals surface area contributed by atoms with Gasteiger partial charge in [0.1, 0.15) is 11.2 Å². The van der Waals surface area contributed by atoms with Gasteiger partial charge in [-0.2, -0.15) is 0 Å². The number of amidine groups is 1. The molecule has 0 spiro atoms. The lowest BCUT2D eigenvalue weighted by molar-refractivity contribution is -0.129. The van der Waals surface area contributed by atoms with E-state index in [4.69, 9.17) is 16.6 Å². The second-order valence-electron chi connectivity index (χ2n) is 6.51. The Hall–Kier alpha value is -2.07. The number of likely N-dealkylation sites (N-methyl/N-ethyl adjacent to an activating group) is 1. The largest absolute Gasteiger partial charge is 0.312 e. The highest BCUT2D eigenvalue weighted by molar-refractivity contribution is 6.31. The minimum Gasteiger partial charge on any atom is -0.312 e. The molecule has 25 heavy (non-hydrogen) atoms. The maximum absolute atomic E-state index is 13.0. The summed E-state index contributed by atoms with van der Waals surface area (Å²) < 4.78 is 0. The van der Waals surface area contributed by atoms with Crippen LogP contribution < -0.4 is 4.90 Å². The van der Waals surface area contributed by atoms with E-state index in [0.717, 1.165) is 34.8 Å². The number of fused-ring (bicyclic) bond motifs is 1. The predicted octanol–water partition coefficient (Wildman–Crippen LogP) is 4.60. The first-order valence-corrected chi connectivity index (χ1v) is 9.15. The number of hydrogen-bond acceptors (Lipinski definition) is 3.